The van der Waals surface area contributed by atoms with Crippen LogP contribution in [0.1, 0.15) is 31.3 Å². The quantitative estimate of drug-likeness (QED) is 0.877. The van der Waals surface area contributed by atoms with E-state index in [1.165, 1.54) is 0 Å². The molecule has 1 atom stereocenters. The van der Waals surface area contributed by atoms with Crippen molar-refractivity contribution in [2.75, 3.05) is 6.54 Å². The van der Waals surface area contributed by atoms with Crippen LogP contribution < -0.4 is 5.32 Å². The van der Waals surface area contributed by atoms with Crippen LogP contribution in [-0.2, 0) is 0 Å². The molecule has 21 heavy (non-hydrogen) atoms. The number of nitrogens with zero attached hydrogens (tertiary/aromatic N) is 2. The Hall–Kier alpha value is -2.21. The van der Waals surface area contributed by atoms with E-state index in [2.05, 4.69) is 15.5 Å². The molecule has 2 heterocycles. The lowest BCUT2D eigenvalue weighted by Crippen LogP contribution is -2.44. The third-order valence-corrected chi connectivity index (χ3v) is 3.56. The monoisotopic (exact) mass is 289 g/mol. The minimum atomic E-state index is -0.965. The second-order valence-corrected chi connectivity index (χ2v) is 5.51. The molecule has 1 amide bonds. The summed E-state index contributed by atoms with van der Waals surface area (Å²) in [5.41, 5.74) is 0.0138. The largest absolute Gasteiger partial charge is 0.388 e. The molecular weight excluding hydrogens is 270 g/mol. The van der Waals surface area contributed by atoms with Gasteiger partial charge in [0.05, 0.1) is 5.60 Å². The predicted octanol–water partition coefficient (Wildman–Crippen LogP) is 1.87. The number of aromatic nitrogens is 2. The van der Waals surface area contributed by atoms with E-state index in [1.54, 1.807) is 37.5 Å². The number of amides is 1. The van der Waals surface area contributed by atoms with E-state index in [1.807, 2.05) is 13.8 Å². The van der Waals surface area contributed by atoms with Gasteiger partial charge in [0.2, 0.25) is 0 Å². The van der Waals surface area contributed by atoms with Crippen molar-refractivity contribution in [3.8, 4) is 11.3 Å². The molecule has 0 saturated carbocycles. The van der Waals surface area contributed by atoms with Crippen LogP contribution in [-0.4, -0.2) is 33.3 Å². The van der Waals surface area contributed by atoms with Crippen molar-refractivity contribution in [3.05, 3.63) is 36.3 Å². The van der Waals surface area contributed by atoms with E-state index < -0.39 is 5.60 Å². The Morgan fingerprint density at radius 2 is 2.10 bits per heavy atom. The number of aliphatic hydroxyl groups is 1. The van der Waals surface area contributed by atoms with Gasteiger partial charge in [-0.15, -0.1) is 0 Å². The highest BCUT2D eigenvalue weighted by molar-refractivity contribution is 5.93. The van der Waals surface area contributed by atoms with Crippen LogP contribution in [0.5, 0.6) is 0 Å². The van der Waals surface area contributed by atoms with Crippen LogP contribution in [0.3, 0.4) is 0 Å². The molecule has 6 heteroatoms. The van der Waals surface area contributed by atoms with E-state index in [-0.39, 0.29) is 24.1 Å². The standard InChI is InChI=1S/C15H19N3O3/c1-10(2)15(3,20)9-17-14(19)12-8-13(21-18-12)11-4-6-16-7-5-11/h4-8,10,20H,9H2,1-3H3,(H,17,19). The van der Waals surface area contributed by atoms with E-state index in [0.29, 0.717) is 5.76 Å². The molecule has 0 aliphatic carbocycles. The Morgan fingerprint density at radius 3 is 2.71 bits per heavy atom. The summed E-state index contributed by atoms with van der Waals surface area (Å²) in [5.74, 6) is 0.153. The van der Waals surface area contributed by atoms with Gasteiger partial charge in [-0.2, -0.15) is 0 Å². The molecular formula is C15H19N3O3. The predicted molar refractivity (Wildman–Crippen MR) is 77.5 cm³/mol. The molecule has 0 aliphatic rings. The van der Waals surface area contributed by atoms with Crippen molar-refractivity contribution in [3.63, 3.8) is 0 Å². The highest BCUT2D eigenvalue weighted by Gasteiger charge is 2.26. The number of carbonyl (C=O) groups excluding carboxylic acids is 1. The highest BCUT2D eigenvalue weighted by atomic mass is 16.5. The van der Waals surface area contributed by atoms with Crippen LogP contribution >= 0.6 is 0 Å². The summed E-state index contributed by atoms with van der Waals surface area (Å²) in [6.07, 6.45) is 3.27. The Bertz CT molecular complexity index is 606. The average molecular weight is 289 g/mol. The third-order valence-electron chi connectivity index (χ3n) is 3.56. The molecule has 0 aliphatic heterocycles. The molecule has 2 rings (SSSR count). The summed E-state index contributed by atoms with van der Waals surface area (Å²) in [4.78, 5) is 15.9. The van der Waals surface area contributed by atoms with Gasteiger partial charge in [-0.05, 0) is 25.0 Å². The second kappa shape index (κ2) is 6.05. The fraction of sp³-hybridized carbons (Fsp3) is 0.400. The lowest BCUT2D eigenvalue weighted by molar-refractivity contribution is 0.0141. The number of hydrogen-bond acceptors (Lipinski definition) is 5. The smallest absolute Gasteiger partial charge is 0.273 e. The molecule has 0 fully saturated rings. The first kappa shape index (κ1) is 15.2. The van der Waals surface area contributed by atoms with E-state index in [0.717, 1.165) is 5.56 Å². The molecule has 2 aromatic rings. The van der Waals surface area contributed by atoms with Crippen LogP contribution in [0.25, 0.3) is 11.3 Å². The van der Waals surface area contributed by atoms with Crippen molar-refractivity contribution in [1.29, 1.82) is 0 Å². The van der Waals surface area contributed by atoms with Gasteiger partial charge in [0.1, 0.15) is 0 Å². The third kappa shape index (κ3) is 3.66. The SMILES string of the molecule is CC(C)C(C)(O)CNC(=O)c1cc(-c2ccncc2)on1. The lowest BCUT2D eigenvalue weighted by Gasteiger charge is -2.27. The summed E-state index contributed by atoms with van der Waals surface area (Å²) in [5, 5.41) is 16.5. The maximum absolute atomic E-state index is 12.0. The van der Waals surface area contributed by atoms with Gasteiger partial charge >= 0.3 is 0 Å². The zero-order valence-electron chi connectivity index (χ0n) is 12.3. The maximum Gasteiger partial charge on any atom is 0.273 e. The first-order valence-electron chi connectivity index (χ1n) is 6.78. The van der Waals surface area contributed by atoms with Gasteiger partial charge in [-0.1, -0.05) is 19.0 Å². The molecule has 0 radical (unpaired) electrons. The minimum absolute atomic E-state index is 0.0301. The Labute approximate surface area is 123 Å². The highest BCUT2D eigenvalue weighted by Crippen LogP contribution is 2.19. The minimum Gasteiger partial charge on any atom is -0.388 e. The first-order valence-corrected chi connectivity index (χ1v) is 6.78. The van der Waals surface area contributed by atoms with Crippen LogP contribution in [0.15, 0.2) is 35.1 Å². The maximum atomic E-state index is 12.0. The van der Waals surface area contributed by atoms with Gasteiger partial charge in [0.15, 0.2) is 11.5 Å². The van der Waals surface area contributed by atoms with Crippen LogP contribution in [0.2, 0.25) is 0 Å². The van der Waals surface area contributed by atoms with Crippen molar-refractivity contribution >= 4 is 5.91 Å². The summed E-state index contributed by atoms with van der Waals surface area (Å²) in [7, 11) is 0. The van der Waals surface area contributed by atoms with E-state index >= 15 is 0 Å². The molecule has 0 bridgehead atoms. The zero-order chi connectivity index (χ0) is 15.5. The number of carbonyl (C=O) groups is 1. The van der Waals surface area contributed by atoms with E-state index in [4.69, 9.17) is 4.52 Å². The van der Waals surface area contributed by atoms with Crippen molar-refractivity contribution in [1.82, 2.24) is 15.5 Å². The molecule has 1 unspecified atom stereocenters. The fourth-order valence-electron chi connectivity index (χ4n) is 1.59. The van der Waals surface area contributed by atoms with Crippen molar-refractivity contribution in [2.45, 2.75) is 26.4 Å². The number of hydrogen-bond donors (Lipinski definition) is 2. The Kier molecular flexibility index (Phi) is 4.37. The zero-order valence-corrected chi connectivity index (χ0v) is 12.3. The Balaban J connectivity index is 2.03. The normalized spacial score (nSPS) is 14.0. The molecule has 6 nitrogen and oxygen atoms in total. The number of rotatable bonds is 5. The molecule has 2 N–H and O–H groups in total. The molecule has 0 spiro atoms. The van der Waals surface area contributed by atoms with Crippen molar-refractivity contribution < 1.29 is 14.4 Å². The van der Waals surface area contributed by atoms with E-state index in [9.17, 15) is 9.90 Å². The average Bonchev–Trinajstić information content (AvgIpc) is 2.95. The van der Waals surface area contributed by atoms with Crippen LogP contribution in [0, 0.1) is 5.92 Å². The van der Waals surface area contributed by atoms with Gasteiger partial charge in [-0.25, -0.2) is 0 Å². The Morgan fingerprint density at radius 1 is 1.43 bits per heavy atom. The summed E-state index contributed by atoms with van der Waals surface area (Å²) >= 11 is 0. The fourth-order valence-corrected chi connectivity index (χ4v) is 1.59. The molecule has 0 saturated heterocycles. The molecule has 112 valence electrons. The first-order chi connectivity index (χ1) is 9.90. The van der Waals surface area contributed by atoms with Crippen LogP contribution in [0.4, 0.5) is 0 Å². The summed E-state index contributed by atoms with van der Waals surface area (Å²) in [6.45, 7) is 5.62. The van der Waals surface area contributed by atoms with Gasteiger partial charge in [0, 0.05) is 30.6 Å². The van der Waals surface area contributed by atoms with Gasteiger partial charge in [-0.3, -0.25) is 9.78 Å². The van der Waals surface area contributed by atoms with Crippen molar-refractivity contribution in [2.24, 2.45) is 5.92 Å². The molecule has 0 aromatic carbocycles. The number of nitrogens with one attached hydrogen (secondary N) is 1. The van der Waals surface area contributed by atoms with Gasteiger partial charge < -0.3 is 14.9 Å². The lowest BCUT2D eigenvalue weighted by atomic mass is 9.92. The molecule has 2 aromatic heterocycles. The van der Waals surface area contributed by atoms with Gasteiger partial charge in [0.25, 0.3) is 5.91 Å². The summed E-state index contributed by atoms with van der Waals surface area (Å²) < 4.78 is 5.15. The second-order valence-electron chi connectivity index (χ2n) is 5.51. The number of pyridine rings is 1. The summed E-state index contributed by atoms with van der Waals surface area (Å²) in [6, 6.07) is 5.10. The topological polar surface area (TPSA) is 88.2 Å².